The monoisotopic (exact) mass is 311 g/mol. The van der Waals surface area contributed by atoms with Crippen LogP contribution in [0.25, 0.3) is 0 Å². The summed E-state index contributed by atoms with van der Waals surface area (Å²) in [5.41, 5.74) is 0.339. The Hall–Kier alpha value is -1.36. The van der Waals surface area contributed by atoms with Crippen LogP contribution in [0.3, 0.4) is 0 Å². The van der Waals surface area contributed by atoms with Crippen molar-refractivity contribution in [1.29, 1.82) is 0 Å². The van der Waals surface area contributed by atoms with Crippen LogP contribution in [0.5, 0.6) is 0 Å². The second-order valence-corrected chi connectivity index (χ2v) is 5.82. The van der Waals surface area contributed by atoms with Gasteiger partial charge < -0.3 is 10.4 Å². The van der Waals surface area contributed by atoms with E-state index in [9.17, 15) is 9.59 Å². The highest BCUT2D eigenvalue weighted by atomic mass is 79.9. The van der Waals surface area contributed by atoms with E-state index < -0.39 is 5.97 Å². The number of carboxylic acid groups (broad SMARTS) is 1. The molecule has 0 saturated heterocycles. The molecule has 1 aromatic carbocycles. The number of carboxylic acids is 1. The summed E-state index contributed by atoms with van der Waals surface area (Å²) in [6, 6.07) is 4.50. The molecule has 4 nitrogen and oxygen atoms in total. The minimum Gasteiger partial charge on any atom is -0.478 e. The number of halogens is 1. The van der Waals surface area contributed by atoms with Crippen LogP contribution in [0.15, 0.2) is 22.7 Å². The number of hydrogen-bond acceptors (Lipinski definition) is 2. The van der Waals surface area contributed by atoms with Gasteiger partial charge >= 0.3 is 5.97 Å². The number of carbonyl (C=O) groups excluding carboxylic acids is 1. The lowest BCUT2D eigenvalue weighted by Gasteiger charge is -2.39. The third-order valence-electron chi connectivity index (χ3n) is 3.28. The summed E-state index contributed by atoms with van der Waals surface area (Å²) in [7, 11) is 0. The average Bonchev–Trinajstić information content (AvgIpc) is 2.26. The molecule has 5 heteroatoms. The first kappa shape index (κ1) is 13.1. The SMILES string of the molecule is CC1(NC(=O)c2cc(Br)cc(C(=O)O)c2)CCC1. The molecule has 0 radical (unpaired) electrons. The summed E-state index contributed by atoms with van der Waals surface area (Å²) in [6.07, 6.45) is 3.06. The van der Waals surface area contributed by atoms with E-state index in [1.165, 1.54) is 12.1 Å². The predicted octanol–water partition coefficient (Wildman–Crippen LogP) is 2.82. The normalized spacial score (nSPS) is 16.8. The van der Waals surface area contributed by atoms with Gasteiger partial charge in [-0.05, 0) is 44.4 Å². The molecule has 1 fully saturated rings. The Bertz CT molecular complexity index is 509. The molecule has 0 atom stereocenters. The van der Waals surface area contributed by atoms with Crippen LogP contribution in [0.2, 0.25) is 0 Å². The Balaban J connectivity index is 2.21. The summed E-state index contributed by atoms with van der Waals surface area (Å²) in [5, 5.41) is 11.9. The fraction of sp³-hybridized carbons (Fsp3) is 0.385. The van der Waals surface area contributed by atoms with Crippen molar-refractivity contribution in [3.8, 4) is 0 Å². The zero-order chi connectivity index (χ0) is 13.3. The molecule has 0 unspecified atom stereocenters. The third-order valence-corrected chi connectivity index (χ3v) is 3.74. The molecule has 96 valence electrons. The summed E-state index contributed by atoms with van der Waals surface area (Å²) in [6.45, 7) is 2.00. The molecule has 0 heterocycles. The lowest BCUT2D eigenvalue weighted by Crippen LogP contribution is -2.50. The van der Waals surface area contributed by atoms with Gasteiger partial charge in [-0.1, -0.05) is 15.9 Å². The lowest BCUT2D eigenvalue weighted by atomic mass is 9.78. The number of rotatable bonds is 3. The smallest absolute Gasteiger partial charge is 0.335 e. The molecule has 1 aliphatic rings. The first-order valence-corrected chi connectivity index (χ1v) is 6.55. The fourth-order valence-electron chi connectivity index (χ4n) is 2.02. The maximum Gasteiger partial charge on any atom is 0.335 e. The van der Waals surface area contributed by atoms with Crippen LogP contribution < -0.4 is 5.32 Å². The Morgan fingerprint density at radius 3 is 2.39 bits per heavy atom. The van der Waals surface area contributed by atoms with E-state index in [4.69, 9.17) is 5.11 Å². The quantitative estimate of drug-likeness (QED) is 0.902. The highest BCUT2D eigenvalue weighted by Crippen LogP contribution is 2.31. The van der Waals surface area contributed by atoms with Gasteiger partial charge in [0.2, 0.25) is 0 Å². The van der Waals surface area contributed by atoms with Crippen LogP contribution >= 0.6 is 15.9 Å². The number of benzene rings is 1. The molecule has 1 aromatic rings. The number of aromatic carboxylic acids is 1. The van der Waals surface area contributed by atoms with Crippen molar-refractivity contribution in [1.82, 2.24) is 5.32 Å². The minimum absolute atomic E-state index is 0.105. The summed E-state index contributed by atoms with van der Waals surface area (Å²) in [4.78, 5) is 23.0. The molecule has 1 saturated carbocycles. The molecule has 2 N–H and O–H groups in total. The molecule has 0 aliphatic heterocycles. The van der Waals surface area contributed by atoms with Crippen molar-refractivity contribution in [3.63, 3.8) is 0 Å². The summed E-state index contributed by atoms with van der Waals surface area (Å²) < 4.78 is 0.589. The van der Waals surface area contributed by atoms with Gasteiger partial charge in [-0.3, -0.25) is 4.79 Å². The Labute approximate surface area is 114 Å². The van der Waals surface area contributed by atoms with Gasteiger partial charge in [-0.25, -0.2) is 4.79 Å². The van der Waals surface area contributed by atoms with E-state index in [2.05, 4.69) is 21.2 Å². The van der Waals surface area contributed by atoms with Crippen molar-refractivity contribution >= 4 is 27.8 Å². The van der Waals surface area contributed by atoms with Crippen molar-refractivity contribution < 1.29 is 14.7 Å². The van der Waals surface area contributed by atoms with Gasteiger partial charge in [0.05, 0.1) is 5.56 Å². The van der Waals surface area contributed by atoms with E-state index in [-0.39, 0.29) is 17.0 Å². The van der Waals surface area contributed by atoms with Crippen molar-refractivity contribution in [2.45, 2.75) is 31.7 Å². The molecule has 18 heavy (non-hydrogen) atoms. The number of carbonyl (C=O) groups is 2. The predicted molar refractivity (Wildman–Crippen MR) is 70.8 cm³/mol. The van der Waals surface area contributed by atoms with Crippen molar-refractivity contribution in [2.75, 3.05) is 0 Å². The molecule has 1 amide bonds. The van der Waals surface area contributed by atoms with Gasteiger partial charge in [0.25, 0.3) is 5.91 Å². The first-order valence-electron chi connectivity index (χ1n) is 5.76. The van der Waals surface area contributed by atoms with Gasteiger partial charge in [0, 0.05) is 15.6 Å². The topological polar surface area (TPSA) is 66.4 Å². The molecular weight excluding hydrogens is 298 g/mol. The van der Waals surface area contributed by atoms with Crippen LogP contribution in [0.4, 0.5) is 0 Å². The summed E-state index contributed by atoms with van der Waals surface area (Å²) in [5.74, 6) is -1.26. The van der Waals surface area contributed by atoms with E-state index in [1.54, 1.807) is 6.07 Å². The zero-order valence-corrected chi connectivity index (χ0v) is 11.6. The molecule has 0 bridgehead atoms. The zero-order valence-electron chi connectivity index (χ0n) is 10.00. The highest BCUT2D eigenvalue weighted by Gasteiger charge is 2.33. The third kappa shape index (κ3) is 2.72. The summed E-state index contributed by atoms with van der Waals surface area (Å²) >= 11 is 3.22. The average molecular weight is 312 g/mol. The largest absolute Gasteiger partial charge is 0.478 e. The van der Waals surface area contributed by atoms with Crippen molar-refractivity contribution in [2.24, 2.45) is 0 Å². The van der Waals surface area contributed by atoms with Crippen LogP contribution in [-0.2, 0) is 0 Å². The number of amides is 1. The maximum atomic E-state index is 12.1. The molecular formula is C13H14BrNO3. The lowest BCUT2D eigenvalue weighted by molar-refractivity contribution is 0.0697. The second-order valence-electron chi connectivity index (χ2n) is 4.90. The molecule has 1 aliphatic carbocycles. The van der Waals surface area contributed by atoms with Gasteiger partial charge in [0.1, 0.15) is 0 Å². The first-order chi connectivity index (χ1) is 8.39. The molecule has 0 spiro atoms. The van der Waals surface area contributed by atoms with Crippen LogP contribution in [0, 0.1) is 0 Å². The second kappa shape index (κ2) is 4.72. The molecule has 2 rings (SSSR count). The Kier molecular flexibility index (Phi) is 3.43. The Morgan fingerprint density at radius 1 is 1.28 bits per heavy atom. The van der Waals surface area contributed by atoms with Gasteiger partial charge in [-0.15, -0.1) is 0 Å². The number of nitrogens with one attached hydrogen (secondary N) is 1. The van der Waals surface area contributed by atoms with Gasteiger partial charge in [-0.2, -0.15) is 0 Å². The van der Waals surface area contributed by atoms with E-state index in [1.807, 2.05) is 6.92 Å². The standard InChI is InChI=1S/C13H14BrNO3/c1-13(3-2-4-13)15-11(16)8-5-9(12(17)18)7-10(14)6-8/h5-7H,2-4H2,1H3,(H,15,16)(H,17,18). The fourth-order valence-corrected chi connectivity index (χ4v) is 2.52. The highest BCUT2D eigenvalue weighted by molar-refractivity contribution is 9.10. The van der Waals surface area contributed by atoms with Gasteiger partial charge in [0.15, 0.2) is 0 Å². The van der Waals surface area contributed by atoms with Crippen molar-refractivity contribution in [3.05, 3.63) is 33.8 Å². The van der Waals surface area contributed by atoms with Crippen LogP contribution in [-0.4, -0.2) is 22.5 Å². The minimum atomic E-state index is -1.04. The molecule has 0 aromatic heterocycles. The van der Waals surface area contributed by atoms with E-state index in [0.717, 1.165) is 19.3 Å². The van der Waals surface area contributed by atoms with E-state index in [0.29, 0.717) is 10.0 Å². The van der Waals surface area contributed by atoms with Crippen LogP contribution in [0.1, 0.15) is 46.9 Å². The number of hydrogen-bond donors (Lipinski definition) is 2. The Morgan fingerprint density at radius 2 is 1.89 bits per heavy atom. The maximum absolute atomic E-state index is 12.1. The van der Waals surface area contributed by atoms with E-state index >= 15 is 0 Å².